The van der Waals surface area contributed by atoms with E-state index in [-0.39, 0.29) is 12.2 Å². The Morgan fingerprint density at radius 2 is 2.14 bits per heavy atom. The fraction of sp³-hybridized carbons (Fsp3) is 0.300. The van der Waals surface area contributed by atoms with Gasteiger partial charge in [0.2, 0.25) is 0 Å². The van der Waals surface area contributed by atoms with Crippen LogP contribution in [-0.2, 0) is 11.3 Å². The molecule has 1 rings (SSSR count). The van der Waals surface area contributed by atoms with Crippen molar-refractivity contribution in [2.45, 2.75) is 6.61 Å². The van der Waals surface area contributed by atoms with Gasteiger partial charge in [-0.15, -0.1) is 0 Å². The van der Waals surface area contributed by atoms with Crippen LogP contribution < -0.4 is 4.74 Å². The summed E-state index contributed by atoms with van der Waals surface area (Å²) in [7, 11) is 3.02. The van der Waals surface area contributed by atoms with E-state index in [1.807, 2.05) is 0 Å². The molecule has 0 saturated carbocycles. The highest BCUT2D eigenvalue weighted by Crippen LogP contribution is 2.18. The summed E-state index contributed by atoms with van der Waals surface area (Å²) in [5, 5.41) is 8.90. The topological polar surface area (TPSA) is 55.8 Å². The normalized spacial score (nSPS) is 9.86. The summed E-state index contributed by atoms with van der Waals surface area (Å²) in [4.78, 5) is 10.9. The number of carbonyl (C=O) groups is 1. The predicted octanol–water partition coefficient (Wildman–Crippen LogP) is 1.54. The van der Waals surface area contributed by atoms with Crippen molar-refractivity contribution < 1.29 is 19.4 Å². The molecule has 4 nitrogen and oxygen atoms in total. The molecular formula is C10H12O4. The highest BCUT2D eigenvalue weighted by atomic mass is 16.5. The minimum Gasteiger partial charge on any atom is -0.497 e. The van der Waals surface area contributed by atoms with Crippen molar-refractivity contribution in [1.82, 2.24) is 0 Å². The number of carboxylic acid groups (broad SMARTS) is 1. The molecule has 1 N–H and O–H groups in total. The molecule has 0 aromatic heterocycles. The van der Waals surface area contributed by atoms with Gasteiger partial charge in [-0.3, -0.25) is 0 Å². The van der Waals surface area contributed by atoms with E-state index in [0.717, 1.165) is 0 Å². The van der Waals surface area contributed by atoms with Crippen molar-refractivity contribution >= 4 is 5.97 Å². The standard InChI is InChI=1S/C10H12O4/c1-13-6-7-3-4-8(14-2)5-9(7)10(11)12/h3-5H,6H2,1-2H3,(H,11,12). The number of benzene rings is 1. The lowest BCUT2D eigenvalue weighted by Gasteiger charge is -2.06. The average Bonchev–Trinajstić information content (AvgIpc) is 2.18. The Kier molecular flexibility index (Phi) is 3.48. The minimum atomic E-state index is -0.976. The van der Waals surface area contributed by atoms with Crippen LogP contribution in [0.1, 0.15) is 15.9 Å². The van der Waals surface area contributed by atoms with Gasteiger partial charge in [0.1, 0.15) is 5.75 Å². The molecule has 0 radical (unpaired) electrons. The third-order valence-electron chi connectivity index (χ3n) is 1.85. The Morgan fingerprint density at radius 3 is 2.64 bits per heavy atom. The van der Waals surface area contributed by atoms with Crippen LogP contribution >= 0.6 is 0 Å². The maximum absolute atomic E-state index is 10.9. The molecule has 1 aromatic rings. The van der Waals surface area contributed by atoms with Gasteiger partial charge in [-0.25, -0.2) is 4.79 Å². The van der Waals surface area contributed by atoms with Gasteiger partial charge in [-0.1, -0.05) is 6.07 Å². The third-order valence-corrected chi connectivity index (χ3v) is 1.85. The SMILES string of the molecule is COCc1ccc(OC)cc1C(=O)O. The molecule has 0 bridgehead atoms. The van der Waals surface area contributed by atoms with E-state index in [1.165, 1.54) is 20.3 Å². The van der Waals surface area contributed by atoms with Crippen molar-refractivity contribution in [3.8, 4) is 5.75 Å². The molecule has 1 aromatic carbocycles. The van der Waals surface area contributed by atoms with Gasteiger partial charge in [-0.05, 0) is 17.7 Å². The quantitative estimate of drug-likeness (QED) is 0.793. The number of ether oxygens (including phenoxy) is 2. The fourth-order valence-corrected chi connectivity index (χ4v) is 1.16. The summed E-state index contributed by atoms with van der Waals surface area (Å²) >= 11 is 0. The van der Waals surface area contributed by atoms with E-state index in [9.17, 15) is 4.79 Å². The zero-order valence-corrected chi connectivity index (χ0v) is 8.11. The minimum absolute atomic E-state index is 0.214. The van der Waals surface area contributed by atoms with Crippen molar-refractivity contribution in [3.05, 3.63) is 29.3 Å². The van der Waals surface area contributed by atoms with E-state index in [0.29, 0.717) is 11.3 Å². The van der Waals surface area contributed by atoms with Crippen LogP contribution in [0.4, 0.5) is 0 Å². The molecule has 0 spiro atoms. The van der Waals surface area contributed by atoms with Crippen LogP contribution in [0.2, 0.25) is 0 Å². The highest BCUT2D eigenvalue weighted by molar-refractivity contribution is 5.89. The molecule has 0 atom stereocenters. The molecule has 0 heterocycles. The second kappa shape index (κ2) is 4.62. The first kappa shape index (κ1) is 10.5. The van der Waals surface area contributed by atoms with E-state index in [2.05, 4.69) is 0 Å². The lowest BCUT2D eigenvalue weighted by molar-refractivity contribution is 0.0691. The smallest absolute Gasteiger partial charge is 0.336 e. The Hall–Kier alpha value is -1.55. The summed E-state index contributed by atoms with van der Waals surface area (Å²) in [5.74, 6) is -0.446. The summed E-state index contributed by atoms with van der Waals surface area (Å²) in [6, 6.07) is 4.88. The first-order chi connectivity index (χ1) is 6.69. The van der Waals surface area contributed by atoms with E-state index >= 15 is 0 Å². The van der Waals surface area contributed by atoms with Gasteiger partial charge >= 0.3 is 5.97 Å². The fourth-order valence-electron chi connectivity index (χ4n) is 1.16. The van der Waals surface area contributed by atoms with Crippen LogP contribution in [0, 0.1) is 0 Å². The zero-order valence-electron chi connectivity index (χ0n) is 8.11. The molecule has 0 aliphatic rings. The summed E-state index contributed by atoms with van der Waals surface area (Å²) in [5.41, 5.74) is 0.854. The largest absolute Gasteiger partial charge is 0.497 e. The molecule has 76 valence electrons. The first-order valence-corrected chi connectivity index (χ1v) is 4.08. The average molecular weight is 196 g/mol. The molecule has 0 amide bonds. The van der Waals surface area contributed by atoms with E-state index in [1.54, 1.807) is 12.1 Å². The van der Waals surface area contributed by atoms with Crippen LogP contribution in [0.15, 0.2) is 18.2 Å². The molecular weight excluding hydrogens is 184 g/mol. The van der Waals surface area contributed by atoms with Gasteiger partial charge in [0.05, 0.1) is 19.3 Å². The number of aromatic carboxylic acids is 1. The number of rotatable bonds is 4. The summed E-state index contributed by atoms with van der Waals surface area (Å²) < 4.78 is 9.82. The number of methoxy groups -OCH3 is 2. The number of hydrogen-bond acceptors (Lipinski definition) is 3. The van der Waals surface area contributed by atoms with Gasteiger partial charge in [-0.2, -0.15) is 0 Å². The summed E-state index contributed by atoms with van der Waals surface area (Å²) in [6.07, 6.45) is 0. The zero-order chi connectivity index (χ0) is 10.6. The monoisotopic (exact) mass is 196 g/mol. The van der Waals surface area contributed by atoms with Crippen LogP contribution in [0.25, 0.3) is 0 Å². The highest BCUT2D eigenvalue weighted by Gasteiger charge is 2.10. The number of hydrogen-bond donors (Lipinski definition) is 1. The van der Waals surface area contributed by atoms with E-state index in [4.69, 9.17) is 14.6 Å². The molecule has 0 aliphatic carbocycles. The Labute approximate surface area is 82.1 Å². The van der Waals surface area contributed by atoms with Crippen LogP contribution in [0.5, 0.6) is 5.75 Å². The van der Waals surface area contributed by atoms with Gasteiger partial charge in [0.25, 0.3) is 0 Å². The predicted molar refractivity (Wildman–Crippen MR) is 50.7 cm³/mol. The summed E-state index contributed by atoms with van der Waals surface area (Å²) in [6.45, 7) is 0.283. The lowest BCUT2D eigenvalue weighted by Crippen LogP contribution is -2.03. The lowest BCUT2D eigenvalue weighted by atomic mass is 10.1. The van der Waals surface area contributed by atoms with Crippen molar-refractivity contribution in [1.29, 1.82) is 0 Å². The van der Waals surface area contributed by atoms with Gasteiger partial charge in [0, 0.05) is 7.11 Å². The molecule has 0 saturated heterocycles. The Bertz CT molecular complexity index is 333. The van der Waals surface area contributed by atoms with Crippen molar-refractivity contribution in [2.24, 2.45) is 0 Å². The van der Waals surface area contributed by atoms with Crippen LogP contribution in [0.3, 0.4) is 0 Å². The van der Waals surface area contributed by atoms with Gasteiger partial charge < -0.3 is 14.6 Å². The Morgan fingerprint density at radius 1 is 1.43 bits per heavy atom. The Balaban J connectivity index is 3.10. The third kappa shape index (κ3) is 2.23. The maximum atomic E-state index is 10.9. The van der Waals surface area contributed by atoms with Crippen molar-refractivity contribution in [3.63, 3.8) is 0 Å². The maximum Gasteiger partial charge on any atom is 0.336 e. The van der Waals surface area contributed by atoms with Crippen LogP contribution in [-0.4, -0.2) is 25.3 Å². The first-order valence-electron chi connectivity index (χ1n) is 4.08. The molecule has 0 fully saturated rings. The molecule has 0 aliphatic heterocycles. The van der Waals surface area contributed by atoms with E-state index < -0.39 is 5.97 Å². The second-order valence-electron chi connectivity index (χ2n) is 2.76. The van der Waals surface area contributed by atoms with Gasteiger partial charge in [0.15, 0.2) is 0 Å². The molecule has 14 heavy (non-hydrogen) atoms. The number of carboxylic acids is 1. The molecule has 0 unspecified atom stereocenters. The van der Waals surface area contributed by atoms with Crippen molar-refractivity contribution in [2.75, 3.05) is 14.2 Å². The molecule has 4 heteroatoms. The second-order valence-corrected chi connectivity index (χ2v) is 2.76.